The maximum Gasteiger partial charge on any atom is 0.246 e. The molecule has 2 unspecified atom stereocenters. The first-order valence-corrected chi connectivity index (χ1v) is 6.80. The fourth-order valence-electron chi connectivity index (χ4n) is 2.40. The molecule has 1 aliphatic heterocycles. The lowest BCUT2D eigenvalue weighted by atomic mass is 9.84. The van der Waals surface area contributed by atoms with E-state index in [4.69, 9.17) is 0 Å². The predicted molar refractivity (Wildman–Crippen MR) is 75.8 cm³/mol. The lowest BCUT2D eigenvalue weighted by Crippen LogP contribution is -2.62. The van der Waals surface area contributed by atoms with Gasteiger partial charge in [-0.05, 0) is 30.0 Å². The Bertz CT molecular complexity index is 508. The third-order valence-electron chi connectivity index (χ3n) is 3.67. The number of pyridine rings is 1. The summed E-state index contributed by atoms with van der Waals surface area (Å²) in [5.74, 6) is -0.133. The van der Waals surface area contributed by atoms with E-state index in [-0.39, 0.29) is 29.8 Å². The van der Waals surface area contributed by atoms with Crippen molar-refractivity contribution in [2.75, 3.05) is 6.54 Å². The van der Waals surface area contributed by atoms with Gasteiger partial charge in [-0.25, -0.2) is 0 Å². The number of hydrogen-bond donors (Lipinski definition) is 1. The Morgan fingerprint density at radius 2 is 1.90 bits per heavy atom. The summed E-state index contributed by atoms with van der Waals surface area (Å²) in [5, 5.41) is 2.80. The number of nitrogens with one attached hydrogen (secondary N) is 1. The molecule has 0 bridgehead atoms. The van der Waals surface area contributed by atoms with E-state index >= 15 is 0 Å². The normalized spacial score (nSPS) is 21.6. The number of carbonyl (C=O) groups excluding carboxylic acids is 2. The second kappa shape index (κ2) is 5.23. The molecule has 20 heavy (non-hydrogen) atoms. The fourth-order valence-corrected chi connectivity index (χ4v) is 2.40. The third kappa shape index (κ3) is 2.81. The first-order chi connectivity index (χ1) is 9.30. The average Bonchev–Trinajstić information content (AvgIpc) is 2.40. The molecule has 1 aliphatic rings. The number of amides is 2. The van der Waals surface area contributed by atoms with Crippen LogP contribution in [0.1, 0.15) is 39.3 Å². The van der Waals surface area contributed by atoms with Gasteiger partial charge in [0.1, 0.15) is 12.6 Å². The van der Waals surface area contributed by atoms with Crippen LogP contribution in [-0.2, 0) is 9.59 Å². The van der Waals surface area contributed by atoms with E-state index in [1.165, 1.54) is 0 Å². The molecule has 5 heteroatoms. The van der Waals surface area contributed by atoms with Crippen LogP contribution < -0.4 is 5.32 Å². The van der Waals surface area contributed by atoms with Crippen LogP contribution in [0.25, 0.3) is 0 Å². The molecule has 1 aromatic heterocycles. The number of rotatable bonds is 2. The monoisotopic (exact) mass is 275 g/mol. The van der Waals surface area contributed by atoms with Crippen molar-refractivity contribution >= 4 is 11.8 Å². The Morgan fingerprint density at radius 3 is 2.45 bits per heavy atom. The van der Waals surface area contributed by atoms with Crippen molar-refractivity contribution in [3.05, 3.63) is 30.1 Å². The Labute approximate surface area is 119 Å². The van der Waals surface area contributed by atoms with E-state index in [2.05, 4.69) is 10.3 Å². The second-order valence-corrected chi connectivity index (χ2v) is 6.29. The van der Waals surface area contributed by atoms with Gasteiger partial charge in [-0.3, -0.25) is 14.6 Å². The molecule has 108 valence electrons. The molecular formula is C15H21N3O2. The lowest BCUT2D eigenvalue weighted by molar-refractivity contribution is -0.149. The molecule has 0 spiro atoms. The smallest absolute Gasteiger partial charge is 0.246 e. The van der Waals surface area contributed by atoms with Gasteiger partial charge in [-0.15, -0.1) is 0 Å². The summed E-state index contributed by atoms with van der Waals surface area (Å²) in [7, 11) is 0. The van der Waals surface area contributed by atoms with Gasteiger partial charge in [0.2, 0.25) is 11.8 Å². The zero-order chi connectivity index (χ0) is 14.9. The Kier molecular flexibility index (Phi) is 3.79. The molecule has 2 amide bonds. The highest BCUT2D eigenvalue weighted by atomic mass is 16.2. The standard InChI is InChI=1S/C15H21N3O2/c1-10(11-5-7-16-8-6-11)18-9-12(19)17-13(14(18)20)15(2,3)4/h5-8,10,13H,9H2,1-4H3,(H,17,19). The molecule has 0 radical (unpaired) electrons. The van der Waals surface area contributed by atoms with Gasteiger partial charge in [0.15, 0.2) is 0 Å². The molecule has 2 atom stereocenters. The second-order valence-electron chi connectivity index (χ2n) is 6.29. The van der Waals surface area contributed by atoms with Gasteiger partial charge in [0.25, 0.3) is 0 Å². The van der Waals surface area contributed by atoms with Gasteiger partial charge < -0.3 is 10.2 Å². The number of nitrogens with zero attached hydrogens (tertiary/aromatic N) is 2. The summed E-state index contributed by atoms with van der Waals surface area (Å²) < 4.78 is 0. The van der Waals surface area contributed by atoms with Crippen molar-refractivity contribution in [1.29, 1.82) is 0 Å². The molecule has 2 heterocycles. The molecule has 1 saturated heterocycles. The van der Waals surface area contributed by atoms with E-state index in [0.29, 0.717) is 0 Å². The van der Waals surface area contributed by atoms with Gasteiger partial charge in [-0.2, -0.15) is 0 Å². The summed E-state index contributed by atoms with van der Waals surface area (Å²) in [4.78, 5) is 30.1. The van der Waals surface area contributed by atoms with Crippen molar-refractivity contribution in [3.63, 3.8) is 0 Å². The zero-order valence-electron chi connectivity index (χ0n) is 12.4. The van der Waals surface area contributed by atoms with Crippen LogP contribution in [0.15, 0.2) is 24.5 Å². The number of piperazine rings is 1. The molecule has 1 N–H and O–H groups in total. The van der Waals surface area contributed by atoms with E-state index in [0.717, 1.165) is 5.56 Å². The maximum absolute atomic E-state index is 12.6. The van der Waals surface area contributed by atoms with Crippen molar-refractivity contribution in [1.82, 2.24) is 15.2 Å². The zero-order valence-corrected chi connectivity index (χ0v) is 12.4. The van der Waals surface area contributed by atoms with E-state index < -0.39 is 6.04 Å². The van der Waals surface area contributed by atoms with Gasteiger partial charge in [0, 0.05) is 12.4 Å². The van der Waals surface area contributed by atoms with Crippen LogP contribution in [0.3, 0.4) is 0 Å². The lowest BCUT2D eigenvalue weighted by Gasteiger charge is -2.41. The highest BCUT2D eigenvalue weighted by molar-refractivity contribution is 5.95. The Balaban J connectivity index is 2.27. The first kappa shape index (κ1) is 14.5. The van der Waals surface area contributed by atoms with Gasteiger partial charge in [-0.1, -0.05) is 20.8 Å². The van der Waals surface area contributed by atoms with E-state index in [1.54, 1.807) is 17.3 Å². The largest absolute Gasteiger partial charge is 0.342 e. The van der Waals surface area contributed by atoms with Crippen LogP contribution >= 0.6 is 0 Å². The molecule has 0 saturated carbocycles. The average molecular weight is 275 g/mol. The SMILES string of the molecule is CC(c1ccncc1)N1CC(=O)NC(C(C)(C)C)C1=O. The summed E-state index contributed by atoms with van der Waals surface area (Å²) >= 11 is 0. The maximum atomic E-state index is 12.6. The van der Waals surface area contributed by atoms with Crippen molar-refractivity contribution in [2.45, 2.75) is 39.8 Å². The molecule has 1 aromatic rings. The Hall–Kier alpha value is -1.91. The fraction of sp³-hybridized carbons (Fsp3) is 0.533. The molecule has 2 rings (SSSR count). The molecule has 0 aromatic carbocycles. The van der Waals surface area contributed by atoms with Crippen LogP contribution in [0.2, 0.25) is 0 Å². The minimum absolute atomic E-state index is 0.0265. The van der Waals surface area contributed by atoms with Crippen LogP contribution in [0.5, 0.6) is 0 Å². The third-order valence-corrected chi connectivity index (χ3v) is 3.67. The number of carbonyl (C=O) groups is 2. The van der Waals surface area contributed by atoms with Crippen molar-refractivity contribution in [2.24, 2.45) is 5.41 Å². The summed E-state index contributed by atoms with van der Waals surface area (Å²) in [6.45, 7) is 7.91. The molecular weight excluding hydrogens is 254 g/mol. The van der Waals surface area contributed by atoms with Crippen molar-refractivity contribution in [3.8, 4) is 0 Å². The van der Waals surface area contributed by atoms with E-state index in [9.17, 15) is 9.59 Å². The number of aromatic nitrogens is 1. The minimum atomic E-state index is -0.479. The van der Waals surface area contributed by atoms with Crippen molar-refractivity contribution < 1.29 is 9.59 Å². The summed E-state index contributed by atoms with van der Waals surface area (Å²) in [5.41, 5.74) is 0.680. The molecule has 0 aliphatic carbocycles. The highest BCUT2D eigenvalue weighted by Crippen LogP contribution is 2.28. The summed E-state index contributed by atoms with van der Waals surface area (Å²) in [6, 6.07) is 3.13. The van der Waals surface area contributed by atoms with Gasteiger partial charge >= 0.3 is 0 Å². The topological polar surface area (TPSA) is 62.3 Å². The van der Waals surface area contributed by atoms with Gasteiger partial charge in [0.05, 0.1) is 6.04 Å². The quantitative estimate of drug-likeness (QED) is 0.890. The highest BCUT2D eigenvalue weighted by Gasteiger charge is 2.41. The van der Waals surface area contributed by atoms with E-state index in [1.807, 2.05) is 39.8 Å². The predicted octanol–water partition coefficient (Wildman–Crippen LogP) is 1.52. The first-order valence-electron chi connectivity index (χ1n) is 6.80. The van der Waals surface area contributed by atoms with Crippen LogP contribution in [0, 0.1) is 5.41 Å². The summed E-state index contributed by atoms with van der Waals surface area (Å²) in [6.07, 6.45) is 3.39. The van der Waals surface area contributed by atoms with Crippen LogP contribution in [-0.4, -0.2) is 34.3 Å². The van der Waals surface area contributed by atoms with Crippen LogP contribution in [0.4, 0.5) is 0 Å². The number of hydrogen-bond acceptors (Lipinski definition) is 3. The Morgan fingerprint density at radius 1 is 1.30 bits per heavy atom. The molecule has 1 fully saturated rings. The minimum Gasteiger partial charge on any atom is -0.342 e. The molecule has 5 nitrogen and oxygen atoms in total.